The third-order valence-corrected chi connectivity index (χ3v) is 4.57. The number of likely N-dealkylation sites (tertiary alicyclic amines) is 1. The van der Waals surface area contributed by atoms with Gasteiger partial charge in [-0.2, -0.15) is 0 Å². The topological polar surface area (TPSA) is 52.6 Å². The molecule has 0 radical (unpaired) electrons. The highest BCUT2D eigenvalue weighted by Crippen LogP contribution is 2.25. The molecule has 0 spiro atoms. The number of aryl methyl sites for hydroxylation is 1. The molecule has 0 bridgehead atoms. The molecule has 1 atom stereocenters. The molecule has 2 aromatic rings. The van der Waals surface area contributed by atoms with Crippen LogP contribution in [0.25, 0.3) is 11.1 Å². The molecule has 1 heterocycles. The van der Waals surface area contributed by atoms with Gasteiger partial charge in [0.1, 0.15) is 0 Å². The Bertz CT molecular complexity index is 714. The van der Waals surface area contributed by atoms with Crippen LogP contribution in [-0.2, 0) is 0 Å². The summed E-state index contributed by atoms with van der Waals surface area (Å²) in [5.74, 6) is 0. The maximum absolute atomic E-state index is 12.5. The fourth-order valence-corrected chi connectivity index (χ4v) is 3.35. The van der Waals surface area contributed by atoms with E-state index in [9.17, 15) is 4.79 Å². The zero-order chi connectivity index (χ0) is 16.9. The monoisotopic (exact) mass is 324 g/mol. The number of urea groups is 1. The minimum Gasteiger partial charge on any atom is -0.396 e. The summed E-state index contributed by atoms with van der Waals surface area (Å²) in [5, 5.41) is 12.1. The number of amides is 2. The summed E-state index contributed by atoms with van der Waals surface area (Å²) in [6.45, 7) is 2.95. The molecular formula is C20H24N2O2. The molecule has 1 unspecified atom stereocenters. The molecule has 1 fully saturated rings. The minimum absolute atomic E-state index is 0.0765. The third kappa shape index (κ3) is 3.77. The second-order valence-electron chi connectivity index (χ2n) is 6.38. The molecule has 4 heteroatoms. The number of aliphatic hydroxyl groups excluding tert-OH is 1. The molecular weight excluding hydrogens is 300 g/mol. The van der Waals surface area contributed by atoms with Gasteiger partial charge in [0.05, 0.1) is 0 Å². The van der Waals surface area contributed by atoms with Crippen LogP contribution in [-0.4, -0.2) is 35.2 Å². The smallest absolute Gasteiger partial charge is 0.322 e. The summed E-state index contributed by atoms with van der Waals surface area (Å²) in [5.41, 5.74) is 4.25. The molecule has 1 saturated heterocycles. The van der Waals surface area contributed by atoms with Crippen molar-refractivity contribution in [2.75, 3.05) is 18.5 Å². The molecule has 4 nitrogen and oxygen atoms in total. The van der Waals surface area contributed by atoms with E-state index >= 15 is 0 Å². The Kier molecular flexibility index (Phi) is 5.16. The Morgan fingerprint density at radius 1 is 1.21 bits per heavy atom. The lowest BCUT2D eigenvalue weighted by Crippen LogP contribution is -2.39. The van der Waals surface area contributed by atoms with Crippen LogP contribution in [0, 0.1) is 6.92 Å². The molecule has 1 aliphatic rings. The molecule has 1 aliphatic heterocycles. The number of hydrogen-bond acceptors (Lipinski definition) is 2. The van der Waals surface area contributed by atoms with Gasteiger partial charge in [-0.05, 0) is 49.4 Å². The zero-order valence-corrected chi connectivity index (χ0v) is 14.0. The van der Waals surface area contributed by atoms with E-state index in [1.807, 2.05) is 29.2 Å². The van der Waals surface area contributed by atoms with Crippen molar-refractivity contribution >= 4 is 11.7 Å². The van der Waals surface area contributed by atoms with E-state index in [-0.39, 0.29) is 18.7 Å². The van der Waals surface area contributed by atoms with Crippen molar-refractivity contribution in [3.8, 4) is 11.1 Å². The van der Waals surface area contributed by atoms with Crippen LogP contribution in [0.1, 0.15) is 24.8 Å². The number of nitrogens with one attached hydrogen (secondary N) is 1. The van der Waals surface area contributed by atoms with Gasteiger partial charge < -0.3 is 15.3 Å². The second kappa shape index (κ2) is 7.49. The molecule has 126 valence electrons. The lowest BCUT2D eigenvalue weighted by Gasteiger charge is -2.24. The first-order valence-corrected chi connectivity index (χ1v) is 8.53. The minimum atomic E-state index is -0.0765. The average Bonchev–Trinajstić information content (AvgIpc) is 3.04. The maximum atomic E-state index is 12.5. The fourth-order valence-electron chi connectivity index (χ4n) is 3.35. The first kappa shape index (κ1) is 16.5. The van der Waals surface area contributed by atoms with Crippen molar-refractivity contribution < 1.29 is 9.90 Å². The van der Waals surface area contributed by atoms with E-state index < -0.39 is 0 Å². The molecule has 0 aliphatic carbocycles. The quantitative estimate of drug-likeness (QED) is 0.892. The summed E-state index contributed by atoms with van der Waals surface area (Å²) in [6.07, 6.45) is 2.62. The molecule has 0 saturated carbocycles. The Hall–Kier alpha value is -2.33. The molecule has 0 aromatic heterocycles. The van der Waals surface area contributed by atoms with Crippen LogP contribution in [0.2, 0.25) is 0 Å². The third-order valence-electron chi connectivity index (χ3n) is 4.57. The normalized spacial score (nSPS) is 17.1. The molecule has 2 aromatic carbocycles. The first-order chi connectivity index (χ1) is 11.7. The number of anilines is 1. The average molecular weight is 324 g/mol. The summed E-state index contributed by atoms with van der Waals surface area (Å²) in [4.78, 5) is 14.4. The number of carbonyl (C=O) groups excluding carboxylic acids is 1. The lowest BCUT2D eigenvalue weighted by atomic mass is 10.0. The number of aliphatic hydroxyl groups is 1. The highest BCUT2D eigenvalue weighted by Gasteiger charge is 2.28. The zero-order valence-electron chi connectivity index (χ0n) is 14.0. The van der Waals surface area contributed by atoms with E-state index in [0.29, 0.717) is 6.42 Å². The van der Waals surface area contributed by atoms with Crippen LogP contribution < -0.4 is 5.32 Å². The van der Waals surface area contributed by atoms with Crippen molar-refractivity contribution in [3.63, 3.8) is 0 Å². The van der Waals surface area contributed by atoms with Gasteiger partial charge in [0.2, 0.25) is 0 Å². The fraction of sp³-hybridized carbons (Fsp3) is 0.350. The van der Waals surface area contributed by atoms with E-state index in [1.54, 1.807) is 0 Å². The summed E-state index contributed by atoms with van der Waals surface area (Å²) < 4.78 is 0. The van der Waals surface area contributed by atoms with Crippen molar-refractivity contribution in [3.05, 3.63) is 54.1 Å². The standard InChI is InChI=1S/C20H24N2O2/c1-15-5-2-6-16(13-15)17-7-3-8-18(14-17)21-20(24)22-11-4-9-19(22)10-12-23/h2-3,5-8,13-14,19,23H,4,9-12H2,1H3,(H,21,24). The van der Waals surface area contributed by atoms with Crippen LogP contribution in [0.15, 0.2) is 48.5 Å². The number of benzene rings is 2. The van der Waals surface area contributed by atoms with Gasteiger partial charge in [0, 0.05) is 24.9 Å². The highest BCUT2D eigenvalue weighted by molar-refractivity contribution is 5.90. The van der Waals surface area contributed by atoms with Gasteiger partial charge in [-0.15, -0.1) is 0 Å². The van der Waals surface area contributed by atoms with Gasteiger partial charge in [-0.25, -0.2) is 4.79 Å². The molecule has 24 heavy (non-hydrogen) atoms. The molecule has 3 rings (SSSR count). The van der Waals surface area contributed by atoms with Crippen molar-refractivity contribution in [1.82, 2.24) is 4.90 Å². The van der Waals surface area contributed by atoms with Crippen molar-refractivity contribution in [2.45, 2.75) is 32.2 Å². The van der Waals surface area contributed by atoms with Gasteiger partial charge >= 0.3 is 6.03 Å². The highest BCUT2D eigenvalue weighted by atomic mass is 16.3. The summed E-state index contributed by atoms with van der Waals surface area (Å²) in [7, 11) is 0. The van der Waals surface area contributed by atoms with Gasteiger partial charge in [-0.3, -0.25) is 0 Å². The van der Waals surface area contributed by atoms with Crippen molar-refractivity contribution in [1.29, 1.82) is 0 Å². The molecule has 2 amide bonds. The lowest BCUT2D eigenvalue weighted by molar-refractivity contribution is 0.189. The Morgan fingerprint density at radius 3 is 2.71 bits per heavy atom. The van der Waals surface area contributed by atoms with E-state index in [2.05, 4.69) is 36.5 Å². The maximum Gasteiger partial charge on any atom is 0.322 e. The Labute approximate surface area is 143 Å². The van der Waals surface area contributed by atoms with E-state index in [0.717, 1.165) is 36.2 Å². The number of nitrogens with zero attached hydrogens (tertiary/aromatic N) is 1. The van der Waals surface area contributed by atoms with Gasteiger partial charge in [0.15, 0.2) is 0 Å². The van der Waals surface area contributed by atoms with Crippen LogP contribution in [0.5, 0.6) is 0 Å². The summed E-state index contributed by atoms with van der Waals surface area (Å²) in [6, 6.07) is 16.3. The van der Waals surface area contributed by atoms with Gasteiger partial charge in [-0.1, -0.05) is 42.0 Å². The van der Waals surface area contributed by atoms with Crippen LogP contribution in [0.4, 0.5) is 10.5 Å². The number of hydrogen-bond donors (Lipinski definition) is 2. The summed E-state index contributed by atoms with van der Waals surface area (Å²) >= 11 is 0. The van der Waals surface area contributed by atoms with E-state index in [4.69, 9.17) is 5.11 Å². The predicted octanol–water partition coefficient (Wildman–Crippen LogP) is 4.04. The number of rotatable bonds is 4. The first-order valence-electron chi connectivity index (χ1n) is 8.53. The largest absolute Gasteiger partial charge is 0.396 e. The van der Waals surface area contributed by atoms with Crippen molar-refractivity contribution in [2.24, 2.45) is 0 Å². The Morgan fingerprint density at radius 2 is 1.96 bits per heavy atom. The number of carbonyl (C=O) groups is 1. The SMILES string of the molecule is Cc1cccc(-c2cccc(NC(=O)N3CCCC3CCO)c2)c1. The van der Waals surface area contributed by atoms with E-state index in [1.165, 1.54) is 5.56 Å². The Balaban J connectivity index is 1.74. The van der Waals surface area contributed by atoms with Gasteiger partial charge in [0.25, 0.3) is 0 Å². The van der Waals surface area contributed by atoms with Crippen LogP contribution >= 0.6 is 0 Å². The second-order valence-corrected chi connectivity index (χ2v) is 6.38. The van der Waals surface area contributed by atoms with Crippen LogP contribution in [0.3, 0.4) is 0 Å². The molecule has 2 N–H and O–H groups in total. The predicted molar refractivity (Wildman–Crippen MR) is 97.1 cm³/mol.